The van der Waals surface area contributed by atoms with Crippen molar-refractivity contribution in [2.45, 2.75) is 26.7 Å². The Morgan fingerprint density at radius 2 is 1.95 bits per heavy atom. The van der Waals surface area contributed by atoms with Gasteiger partial charge in [0.1, 0.15) is 0 Å². The molecule has 0 bridgehead atoms. The number of imidazole rings is 1. The summed E-state index contributed by atoms with van der Waals surface area (Å²) in [6, 6.07) is 14.7. The molecular weight excluding hydrogens is 246 g/mol. The summed E-state index contributed by atoms with van der Waals surface area (Å²) in [5.74, 6) is 0.550. The standard InChI is InChI=1S/C17H19N3/c1-3-6-13-7-4-5-8-15(13)20-16-10-9-12(2)11-14(16)19-17(20)18/h4-5,7-11H,3,6H2,1-2H3,(H2,18,19). The van der Waals surface area contributed by atoms with Crippen molar-refractivity contribution in [3.05, 3.63) is 53.6 Å². The molecule has 0 unspecified atom stereocenters. The molecule has 0 radical (unpaired) electrons. The number of hydrogen-bond acceptors (Lipinski definition) is 2. The lowest BCUT2D eigenvalue weighted by atomic mass is 10.1. The van der Waals surface area contributed by atoms with Gasteiger partial charge in [0.05, 0.1) is 16.7 Å². The molecule has 0 atom stereocenters. The molecule has 20 heavy (non-hydrogen) atoms. The van der Waals surface area contributed by atoms with E-state index in [1.165, 1.54) is 11.1 Å². The van der Waals surface area contributed by atoms with E-state index in [1.807, 2.05) is 6.07 Å². The fourth-order valence-corrected chi connectivity index (χ4v) is 2.67. The van der Waals surface area contributed by atoms with Gasteiger partial charge in [-0.2, -0.15) is 0 Å². The maximum absolute atomic E-state index is 6.15. The Morgan fingerprint density at radius 1 is 1.15 bits per heavy atom. The average molecular weight is 265 g/mol. The molecule has 2 aromatic carbocycles. The average Bonchev–Trinajstić information content (AvgIpc) is 2.75. The zero-order valence-corrected chi connectivity index (χ0v) is 11.9. The molecule has 3 nitrogen and oxygen atoms in total. The number of anilines is 1. The second kappa shape index (κ2) is 5.00. The molecule has 3 rings (SSSR count). The Balaban J connectivity index is 2.27. The highest BCUT2D eigenvalue weighted by atomic mass is 15.2. The van der Waals surface area contributed by atoms with Crippen LogP contribution in [0.4, 0.5) is 5.95 Å². The second-order valence-electron chi connectivity index (χ2n) is 5.18. The van der Waals surface area contributed by atoms with Crippen LogP contribution in [0.5, 0.6) is 0 Å². The second-order valence-corrected chi connectivity index (χ2v) is 5.18. The number of nitrogens with two attached hydrogens (primary N) is 1. The lowest BCUT2D eigenvalue weighted by Gasteiger charge is -2.12. The minimum Gasteiger partial charge on any atom is -0.369 e. The fraction of sp³-hybridized carbons (Fsp3) is 0.235. The quantitative estimate of drug-likeness (QED) is 0.781. The molecule has 102 valence electrons. The number of aromatic nitrogens is 2. The number of para-hydroxylation sites is 1. The number of fused-ring (bicyclic) bond motifs is 1. The summed E-state index contributed by atoms with van der Waals surface area (Å²) in [6.45, 7) is 4.26. The van der Waals surface area contributed by atoms with Gasteiger partial charge in [-0.1, -0.05) is 37.6 Å². The fourth-order valence-electron chi connectivity index (χ4n) is 2.67. The van der Waals surface area contributed by atoms with Crippen molar-refractivity contribution in [2.24, 2.45) is 0 Å². The Labute approximate surface area is 119 Å². The van der Waals surface area contributed by atoms with Crippen LogP contribution in [0.2, 0.25) is 0 Å². The van der Waals surface area contributed by atoms with Gasteiger partial charge in [-0.25, -0.2) is 4.98 Å². The van der Waals surface area contributed by atoms with E-state index in [1.54, 1.807) is 0 Å². The SMILES string of the molecule is CCCc1ccccc1-n1c(N)nc2cc(C)ccc21. The Hall–Kier alpha value is -2.29. The van der Waals surface area contributed by atoms with E-state index in [0.29, 0.717) is 5.95 Å². The van der Waals surface area contributed by atoms with Gasteiger partial charge in [-0.05, 0) is 42.7 Å². The lowest BCUT2D eigenvalue weighted by molar-refractivity contribution is 0.905. The molecule has 0 fully saturated rings. The van der Waals surface area contributed by atoms with Crippen molar-refractivity contribution in [1.82, 2.24) is 9.55 Å². The zero-order chi connectivity index (χ0) is 14.1. The predicted molar refractivity (Wildman–Crippen MR) is 84.2 cm³/mol. The monoisotopic (exact) mass is 265 g/mol. The maximum Gasteiger partial charge on any atom is 0.205 e. The maximum atomic E-state index is 6.15. The Morgan fingerprint density at radius 3 is 2.75 bits per heavy atom. The third kappa shape index (κ3) is 2.05. The number of hydrogen-bond donors (Lipinski definition) is 1. The largest absolute Gasteiger partial charge is 0.369 e. The van der Waals surface area contributed by atoms with Gasteiger partial charge in [0.25, 0.3) is 0 Å². The van der Waals surface area contributed by atoms with Crippen LogP contribution in [0.3, 0.4) is 0 Å². The molecule has 1 heterocycles. The summed E-state index contributed by atoms with van der Waals surface area (Å²) in [7, 11) is 0. The molecular formula is C17H19N3. The summed E-state index contributed by atoms with van der Waals surface area (Å²) < 4.78 is 2.06. The van der Waals surface area contributed by atoms with Crippen LogP contribution in [0.15, 0.2) is 42.5 Å². The molecule has 3 heteroatoms. The molecule has 0 amide bonds. The molecule has 1 aromatic heterocycles. The first kappa shape index (κ1) is 12.7. The van der Waals surface area contributed by atoms with Crippen LogP contribution < -0.4 is 5.73 Å². The van der Waals surface area contributed by atoms with Gasteiger partial charge in [0, 0.05) is 0 Å². The molecule has 0 spiro atoms. The van der Waals surface area contributed by atoms with E-state index < -0.39 is 0 Å². The van der Waals surface area contributed by atoms with E-state index in [2.05, 4.69) is 59.8 Å². The highest BCUT2D eigenvalue weighted by Gasteiger charge is 2.12. The summed E-state index contributed by atoms with van der Waals surface area (Å²) in [6.07, 6.45) is 2.16. The Kier molecular flexibility index (Phi) is 3.18. The highest BCUT2D eigenvalue weighted by molar-refractivity contribution is 5.81. The van der Waals surface area contributed by atoms with Crippen molar-refractivity contribution < 1.29 is 0 Å². The third-order valence-corrected chi connectivity index (χ3v) is 3.59. The van der Waals surface area contributed by atoms with E-state index in [4.69, 9.17) is 5.73 Å². The van der Waals surface area contributed by atoms with Crippen LogP contribution in [-0.4, -0.2) is 9.55 Å². The summed E-state index contributed by atoms with van der Waals surface area (Å²) in [5, 5.41) is 0. The molecule has 0 aliphatic heterocycles. The van der Waals surface area contributed by atoms with Crippen molar-refractivity contribution >= 4 is 17.0 Å². The predicted octanol–water partition coefficient (Wildman–Crippen LogP) is 3.87. The highest BCUT2D eigenvalue weighted by Crippen LogP contribution is 2.26. The zero-order valence-electron chi connectivity index (χ0n) is 11.9. The van der Waals surface area contributed by atoms with Gasteiger partial charge in [0.2, 0.25) is 5.95 Å². The van der Waals surface area contributed by atoms with Crippen LogP contribution in [0, 0.1) is 6.92 Å². The first-order valence-corrected chi connectivity index (χ1v) is 7.03. The third-order valence-electron chi connectivity index (χ3n) is 3.59. The summed E-state index contributed by atoms with van der Waals surface area (Å²) >= 11 is 0. The molecule has 3 aromatic rings. The molecule has 0 aliphatic rings. The van der Waals surface area contributed by atoms with Crippen LogP contribution >= 0.6 is 0 Å². The van der Waals surface area contributed by atoms with Gasteiger partial charge in [-0.15, -0.1) is 0 Å². The van der Waals surface area contributed by atoms with Crippen molar-refractivity contribution in [1.29, 1.82) is 0 Å². The van der Waals surface area contributed by atoms with Crippen LogP contribution in [0.25, 0.3) is 16.7 Å². The number of benzene rings is 2. The minimum atomic E-state index is 0.550. The molecule has 0 aliphatic carbocycles. The number of rotatable bonds is 3. The van der Waals surface area contributed by atoms with Crippen molar-refractivity contribution in [3.63, 3.8) is 0 Å². The molecule has 0 saturated heterocycles. The molecule has 0 saturated carbocycles. The van der Waals surface area contributed by atoms with E-state index in [9.17, 15) is 0 Å². The van der Waals surface area contributed by atoms with E-state index in [-0.39, 0.29) is 0 Å². The van der Waals surface area contributed by atoms with Crippen LogP contribution in [0.1, 0.15) is 24.5 Å². The van der Waals surface area contributed by atoms with E-state index >= 15 is 0 Å². The Bertz CT molecular complexity index is 756. The number of nitrogens with zero attached hydrogens (tertiary/aromatic N) is 2. The van der Waals surface area contributed by atoms with Gasteiger partial charge >= 0.3 is 0 Å². The minimum absolute atomic E-state index is 0.550. The summed E-state index contributed by atoms with van der Waals surface area (Å²) in [5.41, 5.74) is 11.8. The van der Waals surface area contributed by atoms with Gasteiger partial charge in [0.15, 0.2) is 0 Å². The van der Waals surface area contributed by atoms with Crippen molar-refractivity contribution in [2.75, 3.05) is 5.73 Å². The number of aryl methyl sites for hydroxylation is 2. The van der Waals surface area contributed by atoms with Gasteiger partial charge < -0.3 is 5.73 Å². The van der Waals surface area contributed by atoms with Crippen LogP contribution in [-0.2, 0) is 6.42 Å². The topological polar surface area (TPSA) is 43.8 Å². The molecule has 2 N–H and O–H groups in total. The normalized spacial score (nSPS) is 11.1. The summed E-state index contributed by atoms with van der Waals surface area (Å²) in [4.78, 5) is 4.49. The van der Waals surface area contributed by atoms with Crippen molar-refractivity contribution in [3.8, 4) is 5.69 Å². The smallest absolute Gasteiger partial charge is 0.205 e. The van der Waals surface area contributed by atoms with Gasteiger partial charge in [-0.3, -0.25) is 4.57 Å². The first-order valence-electron chi connectivity index (χ1n) is 7.03. The lowest BCUT2D eigenvalue weighted by Crippen LogP contribution is -2.03. The first-order chi connectivity index (χ1) is 9.70. The van der Waals surface area contributed by atoms with E-state index in [0.717, 1.165) is 29.6 Å². The number of nitrogen functional groups attached to an aromatic ring is 1.